The van der Waals surface area contributed by atoms with Gasteiger partial charge in [0.05, 0.1) is 0 Å². The van der Waals surface area contributed by atoms with Gasteiger partial charge in [-0.15, -0.1) is 0 Å². The quantitative estimate of drug-likeness (QED) is 0.631. The van der Waals surface area contributed by atoms with Crippen molar-refractivity contribution in [3.63, 3.8) is 0 Å². The van der Waals surface area contributed by atoms with Gasteiger partial charge >= 0.3 is 54.9 Å². The second kappa shape index (κ2) is 6.32. The normalized spacial score (nSPS) is 10.5. The van der Waals surface area contributed by atoms with Crippen molar-refractivity contribution < 1.29 is 15.0 Å². The number of carboxylic acids is 1. The number of aliphatic carboxylic acids is 1. The molecule has 3 nitrogen and oxygen atoms in total. The molecule has 0 aliphatic rings. The van der Waals surface area contributed by atoms with Crippen molar-refractivity contribution in [2.45, 2.75) is 6.92 Å². The van der Waals surface area contributed by atoms with Crippen LogP contribution in [0.3, 0.4) is 0 Å². The van der Waals surface area contributed by atoms with Crippen LogP contribution in [0, 0.1) is 0 Å². The Hall–Kier alpha value is -0.199. The maximum atomic E-state index is 10.5. The third-order valence-corrected chi connectivity index (χ3v) is 1.61. The number of hydrogen-bond acceptors (Lipinski definition) is 2. The van der Waals surface area contributed by atoms with Crippen LogP contribution in [0.5, 0.6) is 5.75 Å². The molecule has 2 N–H and O–H groups in total. The van der Waals surface area contributed by atoms with Crippen molar-refractivity contribution in [2.75, 3.05) is 0 Å². The predicted molar refractivity (Wildman–Crippen MR) is 57.9 cm³/mol. The van der Waals surface area contributed by atoms with Gasteiger partial charge in [0.2, 0.25) is 0 Å². The van der Waals surface area contributed by atoms with Crippen molar-refractivity contribution >= 4 is 60.9 Å². The Morgan fingerprint density at radius 3 is 2.21 bits per heavy atom. The Morgan fingerprint density at radius 2 is 1.79 bits per heavy atom. The predicted octanol–water partition coefficient (Wildman–Crippen LogP) is 0.964. The fourth-order valence-electron chi connectivity index (χ4n) is 0.882. The van der Waals surface area contributed by atoms with E-state index in [-0.39, 0.29) is 60.2 Å². The molecule has 0 heterocycles. The topological polar surface area (TPSA) is 57.5 Å². The Bertz CT molecular complexity index is 341. The molecule has 1 aromatic carbocycles. The van der Waals surface area contributed by atoms with Crippen LogP contribution in [-0.2, 0) is 4.79 Å². The number of phenolic OH excluding ortho intramolecular Hbond substituents is 1. The summed E-state index contributed by atoms with van der Waals surface area (Å²) in [7, 11) is 0. The van der Waals surface area contributed by atoms with E-state index in [0.717, 1.165) is 5.56 Å². The fourth-order valence-corrected chi connectivity index (χ4v) is 0.882. The molecule has 0 amide bonds. The van der Waals surface area contributed by atoms with Gasteiger partial charge in [0.1, 0.15) is 5.75 Å². The van der Waals surface area contributed by atoms with Crippen LogP contribution in [0.25, 0.3) is 6.08 Å². The minimum atomic E-state index is -0.937. The molecule has 0 aromatic heterocycles. The first-order chi connectivity index (χ1) is 6.09. The van der Waals surface area contributed by atoms with E-state index in [1.54, 1.807) is 18.2 Å². The molecule has 14 heavy (non-hydrogen) atoms. The summed E-state index contributed by atoms with van der Waals surface area (Å²) in [6, 6.07) is 6.34. The van der Waals surface area contributed by atoms with Crippen molar-refractivity contribution in [2.24, 2.45) is 0 Å². The van der Waals surface area contributed by atoms with Gasteiger partial charge in [0, 0.05) is 5.57 Å². The van der Waals surface area contributed by atoms with Gasteiger partial charge in [0.25, 0.3) is 0 Å². The Balaban J connectivity index is 0.00000169. The second-order valence-electron chi connectivity index (χ2n) is 2.72. The molecule has 0 atom stereocenters. The van der Waals surface area contributed by atoms with E-state index in [2.05, 4.69) is 0 Å². The van der Waals surface area contributed by atoms with Gasteiger partial charge < -0.3 is 10.2 Å². The molecule has 72 valence electrons. The summed E-state index contributed by atoms with van der Waals surface area (Å²) >= 11 is 0. The number of rotatable bonds is 2. The van der Waals surface area contributed by atoms with Crippen LogP contribution in [-0.4, -0.2) is 65.1 Å². The molecule has 1 rings (SSSR count). The van der Waals surface area contributed by atoms with Crippen molar-refractivity contribution in [1.29, 1.82) is 0 Å². The number of phenols is 1. The number of hydrogen-bond donors (Lipinski definition) is 2. The summed E-state index contributed by atoms with van der Waals surface area (Å²) in [6.07, 6.45) is 1.54. The molecule has 0 saturated carbocycles. The molecule has 0 aliphatic heterocycles. The first-order valence-corrected chi connectivity index (χ1v) is 3.80. The number of carbonyl (C=O) groups is 1. The van der Waals surface area contributed by atoms with Crippen LogP contribution in [0.1, 0.15) is 12.5 Å². The third-order valence-electron chi connectivity index (χ3n) is 1.61. The van der Waals surface area contributed by atoms with Gasteiger partial charge in [-0.2, -0.15) is 0 Å². The van der Waals surface area contributed by atoms with Gasteiger partial charge in [-0.3, -0.25) is 0 Å². The summed E-state index contributed by atoms with van der Waals surface area (Å²) in [5, 5.41) is 17.5. The SMILES string of the molecule is CC(=Cc1ccc(O)cc1)C(=O)O.[BaH2]. The van der Waals surface area contributed by atoms with E-state index in [0.29, 0.717) is 0 Å². The van der Waals surface area contributed by atoms with Crippen LogP contribution < -0.4 is 0 Å². The molecule has 0 bridgehead atoms. The first-order valence-electron chi connectivity index (χ1n) is 3.80. The van der Waals surface area contributed by atoms with Gasteiger partial charge in [0.15, 0.2) is 0 Å². The molecular formula is C10H12BaO3. The summed E-state index contributed by atoms with van der Waals surface area (Å²) in [6.45, 7) is 1.52. The van der Waals surface area contributed by atoms with Crippen molar-refractivity contribution in [3.05, 3.63) is 35.4 Å². The molecule has 0 unspecified atom stereocenters. The summed E-state index contributed by atoms with van der Waals surface area (Å²) < 4.78 is 0. The molecule has 1 aromatic rings. The number of carboxylic acid groups (broad SMARTS) is 1. The van der Waals surface area contributed by atoms with Gasteiger partial charge in [-0.1, -0.05) is 12.1 Å². The molecule has 0 radical (unpaired) electrons. The van der Waals surface area contributed by atoms with Crippen LogP contribution in [0.4, 0.5) is 0 Å². The Labute approximate surface area is 123 Å². The van der Waals surface area contributed by atoms with E-state index < -0.39 is 5.97 Å². The number of aromatic hydroxyl groups is 1. The van der Waals surface area contributed by atoms with E-state index in [1.807, 2.05) is 0 Å². The molecule has 0 fully saturated rings. The fraction of sp³-hybridized carbons (Fsp3) is 0.100. The molecule has 0 spiro atoms. The van der Waals surface area contributed by atoms with Crippen molar-refractivity contribution in [3.8, 4) is 5.75 Å². The van der Waals surface area contributed by atoms with E-state index >= 15 is 0 Å². The standard InChI is InChI=1S/C10H10O3.Ba.2H/c1-7(10(12)13)6-8-2-4-9(11)5-3-8;;;/h2-6,11H,1H3,(H,12,13);;;. The van der Waals surface area contributed by atoms with E-state index in [4.69, 9.17) is 10.2 Å². The summed E-state index contributed by atoms with van der Waals surface area (Å²) in [5.41, 5.74) is 1.03. The summed E-state index contributed by atoms with van der Waals surface area (Å²) in [5.74, 6) is -0.766. The maximum absolute atomic E-state index is 10.5. The zero-order valence-corrected chi connectivity index (χ0v) is 7.19. The zero-order valence-electron chi connectivity index (χ0n) is 7.19. The summed E-state index contributed by atoms with van der Waals surface area (Å²) in [4.78, 5) is 10.5. The van der Waals surface area contributed by atoms with E-state index in [9.17, 15) is 4.79 Å². The van der Waals surface area contributed by atoms with Crippen LogP contribution >= 0.6 is 0 Å². The van der Waals surface area contributed by atoms with E-state index in [1.165, 1.54) is 19.1 Å². The van der Waals surface area contributed by atoms with Crippen LogP contribution in [0.15, 0.2) is 29.8 Å². The number of benzene rings is 1. The second-order valence-corrected chi connectivity index (χ2v) is 2.72. The molecule has 0 saturated heterocycles. The van der Waals surface area contributed by atoms with Crippen molar-refractivity contribution in [1.82, 2.24) is 0 Å². The van der Waals surface area contributed by atoms with Gasteiger partial charge in [-0.25, -0.2) is 4.79 Å². The van der Waals surface area contributed by atoms with Gasteiger partial charge in [-0.05, 0) is 30.7 Å². The Morgan fingerprint density at radius 1 is 1.29 bits per heavy atom. The monoisotopic (exact) mass is 318 g/mol. The molecular weight excluding hydrogens is 305 g/mol. The minimum absolute atomic E-state index is 0. The Kier molecular flexibility index (Phi) is 6.23. The first kappa shape index (κ1) is 13.8. The molecule has 4 heteroatoms. The average Bonchev–Trinajstić information content (AvgIpc) is 2.08. The third kappa shape index (κ3) is 4.34. The zero-order chi connectivity index (χ0) is 9.84. The average molecular weight is 318 g/mol. The molecule has 0 aliphatic carbocycles. The van der Waals surface area contributed by atoms with Crippen LogP contribution in [0.2, 0.25) is 0 Å².